The number of aliphatic hydroxyl groups is 4. The summed E-state index contributed by atoms with van der Waals surface area (Å²) in [5.41, 5.74) is -1.50. The van der Waals surface area contributed by atoms with Crippen LogP contribution in [0.25, 0.3) is 0 Å². The molecule has 6 heteroatoms. The third-order valence-electron chi connectivity index (χ3n) is 3.27. The molecule has 0 aliphatic carbocycles. The Morgan fingerprint density at radius 2 is 1.50 bits per heavy atom. The van der Waals surface area contributed by atoms with Gasteiger partial charge in [-0.1, -0.05) is 19.1 Å². The Kier molecular flexibility index (Phi) is 5.24. The molecule has 0 unspecified atom stereocenters. The van der Waals surface area contributed by atoms with E-state index in [4.69, 9.17) is 5.11 Å². The normalized spacial score (nSPS) is 13.2. The van der Waals surface area contributed by atoms with Gasteiger partial charge in [0.2, 0.25) is 5.79 Å². The molecule has 0 aliphatic heterocycles. The van der Waals surface area contributed by atoms with E-state index in [0.717, 1.165) is 0 Å². The lowest BCUT2D eigenvalue weighted by molar-refractivity contribution is -0.385. The Balaban J connectivity index is 5.78. The molecule has 0 saturated carbocycles. The standard InChI is InChI=1S/C12H20O6/c1-4-7-10(6-3,8-5-2)12(17,18)11(15,16)9(13)14/h4-5,15-18H,1-2,6-8H2,3H3,(H,13,14). The van der Waals surface area contributed by atoms with Crippen molar-refractivity contribution in [2.75, 3.05) is 0 Å². The molecule has 0 radical (unpaired) electrons. The van der Waals surface area contributed by atoms with Crippen LogP contribution in [0.1, 0.15) is 26.2 Å². The van der Waals surface area contributed by atoms with Crippen LogP contribution < -0.4 is 0 Å². The van der Waals surface area contributed by atoms with Gasteiger partial charge in [-0.05, 0) is 19.3 Å². The zero-order valence-electron chi connectivity index (χ0n) is 10.3. The van der Waals surface area contributed by atoms with Crippen molar-refractivity contribution in [1.82, 2.24) is 0 Å². The average Bonchev–Trinajstić information content (AvgIpc) is 2.27. The molecule has 5 N–H and O–H groups in total. The minimum atomic E-state index is -3.69. The molecule has 104 valence electrons. The quantitative estimate of drug-likeness (QED) is 0.309. The highest BCUT2D eigenvalue weighted by molar-refractivity contribution is 5.76. The summed E-state index contributed by atoms with van der Waals surface area (Å²) < 4.78 is 0. The minimum absolute atomic E-state index is 0.0152. The molecule has 0 rings (SSSR count). The number of aliphatic carboxylic acids is 1. The van der Waals surface area contributed by atoms with Gasteiger partial charge in [0.15, 0.2) is 0 Å². The highest BCUT2D eigenvalue weighted by Gasteiger charge is 2.64. The zero-order valence-corrected chi connectivity index (χ0v) is 10.3. The highest BCUT2D eigenvalue weighted by atomic mass is 16.6. The molecule has 0 bridgehead atoms. The molecule has 6 nitrogen and oxygen atoms in total. The van der Waals surface area contributed by atoms with Crippen LogP contribution in [-0.4, -0.2) is 43.1 Å². The van der Waals surface area contributed by atoms with Crippen LogP contribution in [0.2, 0.25) is 0 Å². The van der Waals surface area contributed by atoms with E-state index < -0.39 is 23.0 Å². The SMILES string of the molecule is C=CCC(CC)(CC=C)C(O)(O)C(O)(O)C(=O)O. The second-order valence-electron chi connectivity index (χ2n) is 4.27. The second-order valence-corrected chi connectivity index (χ2v) is 4.27. The third-order valence-corrected chi connectivity index (χ3v) is 3.27. The van der Waals surface area contributed by atoms with Crippen LogP contribution in [0, 0.1) is 5.41 Å². The molecule has 0 fully saturated rings. The fourth-order valence-electron chi connectivity index (χ4n) is 1.97. The number of allylic oxidation sites excluding steroid dienone is 2. The maximum Gasteiger partial charge on any atom is 0.370 e. The maximum atomic E-state index is 10.8. The Morgan fingerprint density at radius 1 is 1.11 bits per heavy atom. The predicted octanol–water partition coefficient (Wildman–Crippen LogP) is -0.0186. The van der Waals surface area contributed by atoms with Gasteiger partial charge in [0.1, 0.15) is 0 Å². The van der Waals surface area contributed by atoms with E-state index in [1.807, 2.05) is 0 Å². The zero-order chi connectivity index (χ0) is 14.6. The number of carboxylic acid groups (broad SMARTS) is 1. The Bertz CT molecular complexity index is 321. The first-order chi connectivity index (χ1) is 8.13. The first kappa shape index (κ1) is 16.8. The molecule has 0 aromatic carbocycles. The summed E-state index contributed by atoms with van der Waals surface area (Å²) in [6.07, 6.45) is 2.77. The summed E-state index contributed by atoms with van der Waals surface area (Å²) in [6.45, 7) is 8.47. The molecular formula is C12H20O6. The Labute approximate surface area is 106 Å². The Morgan fingerprint density at radius 3 is 1.72 bits per heavy atom. The van der Waals surface area contributed by atoms with E-state index in [0.29, 0.717) is 0 Å². The van der Waals surface area contributed by atoms with Crippen molar-refractivity contribution in [3.05, 3.63) is 25.3 Å². The number of hydrogen-bond donors (Lipinski definition) is 5. The fraction of sp³-hybridized carbons (Fsp3) is 0.583. The van der Waals surface area contributed by atoms with Gasteiger partial charge < -0.3 is 25.5 Å². The molecular weight excluding hydrogens is 240 g/mol. The van der Waals surface area contributed by atoms with Crippen molar-refractivity contribution < 1.29 is 30.3 Å². The number of hydrogen-bond acceptors (Lipinski definition) is 5. The third kappa shape index (κ3) is 2.46. The van der Waals surface area contributed by atoms with Crippen molar-refractivity contribution in [3.8, 4) is 0 Å². The molecule has 0 spiro atoms. The van der Waals surface area contributed by atoms with E-state index in [1.54, 1.807) is 6.92 Å². The van der Waals surface area contributed by atoms with Gasteiger partial charge in [0.05, 0.1) is 0 Å². The number of carbonyl (C=O) groups is 1. The first-order valence-electron chi connectivity index (χ1n) is 5.47. The maximum absolute atomic E-state index is 10.8. The van der Waals surface area contributed by atoms with Gasteiger partial charge in [0, 0.05) is 5.41 Å². The Hall–Kier alpha value is -1.21. The van der Waals surface area contributed by atoms with Gasteiger partial charge in [-0.15, -0.1) is 13.2 Å². The van der Waals surface area contributed by atoms with Gasteiger partial charge in [-0.2, -0.15) is 0 Å². The van der Waals surface area contributed by atoms with Crippen molar-refractivity contribution >= 4 is 5.97 Å². The summed E-state index contributed by atoms with van der Waals surface area (Å²) >= 11 is 0. The van der Waals surface area contributed by atoms with Crippen molar-refractivity contribution in [2.45, 2.75) is 37.8 Å². The second kappa shape index (κ2) is 5.62. The lowest BCUT2D eigenvalue weighted by Crippen LogP contribution is -2.67. The fourth-order valence-corrected chi connectivity index (χ4v) is 1.97. The van der Waals surface area contributed by atoms with Crippen LogP contribution in [0.3, 0.4) is 0 Å². The summed E-state index contributed by atoms with van der Waals surface area (Å²) in [5.74, 6) is -9.07. The van der Waals surface area contributed by atoms with Gasteiger partial charge in [-0.25, -0.2) is 4.79 Å². The molecule has 0 aromatic heterocycles. The average molecular weight is 260 g/mol. The highest BCUT2D eigenvalue weighted by Crippen LogP contribution is 2.45. The topological polar surface area (TPSA) is 118 Å². The van der Waals surface area contributed by atoms with E-state index in [1.165, 1.54) is 12.2 Å². The van der Waals surface area contributed by atoms with E-state index >= 15 is 0 Å². The molecule has 0 heterocycles. The molecule has 18 heavy (non-hydrogen) atoms. The summed E-state index contributed by atoms with van der Waals surface area (Å²) in [4.78, 5) is 10.8. The van der Waals surface area contributed by atoms with Crippen LogP contribution in [0.4, 0.5) is 0 Å². The molecule has 0 aliphatic rings. The lowest BCUT2D eigenvalue weighted by atomic mass is 9.68. The number of carboxylic acids is 1. The van der Waals surface area contributed by atoms with Gasteiger partial charge >= 0.3 is 11.8 Å². The van der Waals surface area contributed by atoms with Gasteiger partial charge in [0.25, 0.3) is 0 Å². The van der Waals surface area contributed by atoms with E-state index in [9.17, 15) is 25.2 Å². The lowest BCUT2D eigenvalue weighted by Gasteiger charge is -2.46. The smallest absolute Gasteiger partial charge is 0.370 e. The van der Waals surface area contributed by atoms with Crippen LogP contribution in [0.5, 0.6) is 0 Å². The summed E-state index contributed by atoms with van der Waals surface area (Å²) in [5, 5.41) is 47.5. The summed E-state index contributed by atoms with van der Waals surface area (Å²) in [6, 6.07) is 0. The van der Waals surface area contributed by atoms with Crippen LogP contribution in [0.15, 0.2) is 25.3 Å². The van der Waals surface area contributed by atoms with Crippen molar-refractivity contribution in [1.29, 1.82) is 0 Å². The monoisotopic (exact) mass is 260 g/mol. The molecule has 0 saturated heterocycles. The molecule has 0 aromatic rings. The van der Waals surface area contributed by atoms with Crippen LogP contribution in [-0.2, 0) is 4.79 Å². The largest absolute Gasteiger partial charge is 0.477 e. The van der Waals surface area contributed by atoms with Crippen LogP contribution >= 0.6 is 0 Å². The van der Waals surface area contributed by atoms with Crippen molar-refractivity contribution in [3.63, 3.8) is 0 Å². The summed E-state index contributed by atoms with van der Waals surface area (Å²) in [7, 11) is 0. The molecule has 0 amide bonds. The number of rotatable bonds is 8. The molecule has 0 atom stereocenters. The van der Waals surface area contributed by atoms with Gasteiger partial charge in [-0.3, -0.25) is 0 Å². The predicted molar refractivity (Wildman–Crippen MR) is 64.3 cm³/mol. The van der Waals surface area contributed by atoms with Crippen molar-refractivity contribution in [2.24, 2.45) is 5.41 Å². The minimum Gasteiger partial charge on any atom is -0.477 e. The van der Waals surface area contributed by atoms with E-state index in [2.05, 4.69) is 13.2 Å². The van der Waals surface area contributed by atoms with E-state index in [-0.39, 0.29) is 19.3 Å². The first-order valence-corrected chi connectivity index (χ1v) is 5.47.